The highest BCUT2D eigenvalue weighted by molar-refractivity contribution is 7.09. The Morgan fingerprint density at radius 1 is 1.43 bits per heavy atom. The van der Waals surface area contributed by atoms with E-state index in [0.29, 0.717) is 19.1 Å². The Kier molecular flexibility index (Phi) is 4.18. The van der Waals surface area contributed by atoms with Gasteiger partial charge in [0.1, 0.15) is 10.7 Å². The van der Waals surface area contributed by atoms with Gasteiger partial charge >= 0.3 is 0 Å². The van der Waals surface area contributed by atoms with Crippen LogP contribution in [0.2, 0.25) is 0 Å². The molecule has 0 radical (unpaired) electrons. The molecule has 0 unspecified atom stereocenters. The van der Waals surface area contributed by atoms with Crippen LogP contribution in [0.25, 0.3) is 11.3 Å². The first-order valence-corrected chi connectivity index (χ1v) is 8.40. The molecule has 0 aromatic carbocycles. The predicted octanol–water partition coefficient (Wildman–Crippen LogP) is 1.93. The van der Waals surface area contributed by atoms with E-state index in [4.69, 9.17) is 9.15 Å². The third-order valence-electron chi connectivity index (χ3n) is 3.85. The largest absolute Gasteiger partial charge is 0.472 e. The highest BCUT2D eigenvalue weighted by Gasteiger charge is 2.22. The second-order valence-electron chi connectivity index (χ2n) is 5.52. The second kappa shape index (κ2) is 6.61. The van der Waals surface area contributed by atoms with E-state index < -0.39 is 0 Å². The van der Waals surface area contributed by atoms with E-state index >= 15 is 0 Å². The summed E-state index contributed by atoms with van der Waals surface area (Å²) in [5.41, 5.74) is 2.79. The molecule has 0 aliphatic carbocycles. The minimum Gasteiger partial charge on any atom is -0.472 e. The lowest BCUT2D eigenvalue weighted by atomic mass is 10.1. The van der Waals surface area contributed by atoms with E-state index in [2.05, 4.69) is 20.6 Å². The summed E-state index contributed by atoms with van der Waals surface area (Å²) in [5.74, 6) is 0.357. The fourth-order valence-corrected chi connectivity index (χ4v) is 3.30. The number of thiazole rings is 1. The van der Waals surface area contributed by atoms with Gasteiger partial charge in [-0.05, 0) is 6.07 Å². The molecule has 120 valence electrons. The molecule has 3 aromatic rings. The third kappa shape index (κ3) is 3.19. The van der Waals surface area contributed by atoms with Crippen LogP contribution in [0.15, 0.2) is 34.6 Å². The molecule has 0 saturated heterocycles. The number of fused-ring (bicyclic) bond motifs is 1. The van der Waals surface area contributed by atoms with Gasteiger partial charge in [0.2, 0.25) is 0 Å². The SMILES string of the molecule is c1csc(CNC[C@H]2COCc3c(-c4ccoc4)nnn3C2)n1. The Labute approximate surface area is 137 Å². The van der Waals surface area contributed by atoms with Crippen LogP contribution in [0.3, 0.4) is 0 Å². The Balaban J connectivity index is 1.41. The number of hydrogen-bond acceptors (Lipinski definition) is 7. The van der Waals surface area contributed by atoms with Crippen molar-refractivity contribution in [3.63, 3.8) is 0 Å². The molecule has 0 fully saturated rings. The van der Waals surface area contributed by atoms with Gasteiger partial charge in [0.15, 0.2) is 0 Å². The van der Waals surface area contributed by atoms with Crippen LogP contribution in [-0.4, -0.2) is 33.1 Å². The van der Waals surface area contributed by atoms with Gasteiger partial charge in [-0.25, -0.2) is 9.67 Å². The molecular weight excluding hydrogens is 314 g/mol. The molecule has 1 atom stereocenters. The Hall–Kier alpha value is -2.03. The number of nitrogens with zero attached hydrogens (tertiary/aromatic N) is 4. The Morgan fingerprint density at radius 3 is 3.26 bits per heavy atom. The summed E-state index contributed by atoms with van der Waals surface area (Å²) in [6.07, 6.45) is 5.16. The lowest BCUT2D eigenvalue weighted by Crippen LogP contribution is -2.28. The number of furan rings is 1. The van der Waals surface area contributed by atoms with E-state index in [-0.39, 0.29) is 0 Å². The molecule has 23 heavy (non-hydrogen) atoms. The summed E-state index contributed by atoms with van der Waals surface area (Å²) in [7, 11) is 0. The average molecular weight is 331 g/mol. The number of nitrogens with one attached hydrogen (secondary N) is 1. The van der Waals surface area contributed by atoms with Gasteiger partial charge < -0.3 is 14.5 Å². The first-order valence-electron chi connectivity index (χ1n) is 7.52. The molecule has 0 saturated carbocycles. The van der Waals surface area contributed by atoms with Crippen molar-refractivity contribution in [1.29, 1.82) is 0 Å². The second-order valence-corrected chi connectivity index (χ2v) is 6.50. The predicted molar refractivity (Wildman–Crippen MR) is 84.7 cm³/mol. The molecule has 7 nitrogen and oxygen atoms in total. The van der Waals surface area contributed by atoms with Crippen LogP contribution in [0.4, 0.5) is 0 Å². The third-order valence-corrected chi connectivity index (χ3v) is 4.63. The zero-order valence-electron chi connectivity index (χ0n) is 12.5. The summed E-state index contributed by atoms with van der Waals surface area (Å²) in [6, 6.07) is 1.89. The monoisotopic (exact) mass is 331 g/mol. The van der Waals surface area contributed by atoms with Gasteiger partial charge in [-0.2, -0.15) is 0 Å². The molecule has 8 heteroatoms. The van der Waals surface area contributed by atoms with E-state index in [9.17, 15) is 0 Å². The maximum absolute atomic E-state index is 5.83. The minimum atomic E-state index is 0.357. The highest BCUT2D eigenvalue weighted by Crippen LogP contribution is 2.24. The summed E-state index contributed by atoms with van der Waals surface area (Å²) < 4.78 is 12.9. The Bertz CT molecular complexity index is 738. The van der Waals surface area contributed by atoms with Gasteiger partial charge in [0, 0.05) is 42.7 Å². The molecule has 4 heterocycles. The lowest BCUT2D eigenvalue weighted by molar-refractivity contribution is 0.0941. The lowest BCUT2D eigenvalue weighted by Gasteiger charge is -2.14. The topological polar surface area (TPSA) is 78.0 Å². The van der Waals surface area contributed by atoms with Gasteiger partial charge in [0.25, 0.3) is 0 Å². The van der Waals surface area contributed by atoms with E-state index in [1.165, 1.54) is 0 Å². The first-order chi connectivity index (χ1) is 11.4. The van der Waals surface area contributed by atoms with E-state index in [0.717, 1.165) is 41.6 Å². The minimum absolute atomic E-state index is 0.357. The molecule has 1 aliphatic heterocycles. The van der Waals surface area contributed by atoms with E-state index in [1.807, 2.05) is 22.3 Å². The van der Waals surface area contributed by atoms with Crippen molar-refractivity contribution in [2.24, 2.45) is 5.92 Å². The average Bonchev–Trinajstić information content (AvgIpc) is 3.28. The summed E-state index contributed by atoms with van der Waals surface area (Å²) in [6.45, 7) is 3.68. The summed E-state index contributed by atoms with van der Waals surface area (Å²) >= 11 is 1.66. The van der Waals surface area contributed by atoms with E-state index in [1.54, 1.807) is 23.9 Å². The quantitative estimate of drug-likeness (QED) is 0.770. The van der Waals surface area contributed by atoms with Crippen molar-refractivity contribution in [3.8, 4) is 11.3 Å². The molecule has 1 N–H and O–H groups in total. The van der Waals surface area contributed by atoms with Crippen molar-refractivity contribution >= 4 is 11.3 Å². The fraction of sp³-hybridized carbons (Fsp3) is 0.400. The van der Waals surface area contributed by atoms with Crippen LogP contribution in [0, 0.1) is 5.92 Å². The molecular formula is C15H17N5O2S. The van der Waals surface area contributed by atoms with Crippen LogP contribution in [0.1, 0.15) is 10.7 Å². The van der Waals surface area contributed by atoms with Gasteiger partial charge in [0.05, 0.1) is 31.4 Å². The fourth-order valence-electron chi connectivity index (χ4n) is 2.71. The summed E-state index contributed by atoms with van der Waals surface area (Å²) in [5, 5.41) is 15.1. The molecule has 4 rings (SSSR count). The number of rotatable bonds is 5. The van der Waals surface area contributed by atoms with Crippen molar-refractivity contribution < 1.29 is 9.15 Å². The zero-order valence-corrected chi connectivity index (χ0v) is 13.3. The standard InChI is InChI=1S/C15H17N5O2S/c1-3-21-9-12(1)15-13-10-22-8-11(7-20(13)19-18-15)5-16-6-14-17-2-4-23-14/h1-4,9,11,16H,5-8,10H2/t11-/m1/s1. The molecule has 1 aliphatic rings. The van der Waals surface area contributed by atoms with Crippen molar-refractivity contribution in [1.82, 2.24) is 25.3 Å². The molecule has 0 amide bonds. The summed E-state index contributed by atoms with van der Waals surface area (Å²) in [4.78, 5) is 4.27. The van der Waals surface area contributed by atoms with Crippen LogP contribution in [-0.2, 0) is 24.4 Å². The van der Waals surface area contributed by atoms with Crippen LogP contribution < -0.4 is 5.32 Å². The molecule has 3 aromatic heterocycles. The zero-order chi connectivity index (χ0) is 15.5. The van der Waals surface area contributed by atoms with Gasteiger partial charge in [-0.1, -0.05) is 5.21 Å². The normalized spacial score (nSPS) is 17.8. The van der Waals surface area contributed by atoms with Crippen molar-refractivity contribution in [3.05, 3.63) is 40.9 Å². The first kappa shape index (κ1) is 14.6. The number of hydrogen-bond donors (Lipinski definition) is 1. The maximum atomic E-state index is 5.83. The van der Waals surface area contributed by atoms with Crippen LogP contribution >= 0.6 is 11.3 Å². The molecule has 0 bridgehead atoms. The van der Waals surface area contributed by atoms with Crippen LogP contribution in [0.5, 0.6) is 0 Å². The smallest absolute Gasteiger partial charge is 0.121 e. The maximum Gasteiger partial charge on any atom is 0.121 e. The molecule has 0 spiro atoms. The number of ether oxygens (including phenoxy) is 1. The van der Waals surface area contributed by atoms with Crippen molar-refractivity contribution in [2.75, 3.05) is 13.2 Å². The highest BCUT2D eigenvalue weighted by atomic mass is 32.1. The van der Waals surface area contributed by atoms with Gasteiger partial charge in [-0.3, -0.25) is 0 Å². The van der Waals surface area contributed by atoms with Crippen molar-refractivity contribution in [2.45, 2.75) is 19.7 Å². The number of aromatic nitrogens is 4. The van der Waals surface area contributed by atoms with Gasteiger partial charge in [-0.15, -0.1) is 16.4 Å². The Morgan fingerprint density at radius 2 is 2.43 bits per heavy atom.